The van der Waals surface area contributed by atoms with Crippen molar-refractivity contribution in [1.82, 2.24) is 29.7 Å². The van der Waals surface area contributed by atoms with Gasteiger partial charge < -0.3 is 39.7 Å². The van der Waals surface area contributed by atoms with E-state index in [1.54, 1.807) is 0 Å². The lowest BCUT2D eigenvalue weighted by molar-refractivity contribution is -0.118. The van der Waals surface area contributed by atoms with Gasteiger partial charge in [-0.3, -0.25) is 9.59 Å². The first-order valence-electron chi connectivity index (χ1n) is 20.9. The Morgan fingerprint density at radius 3 is 1.38 bits per heavy atom. The lowest BCUT2D eigenvalue weighted by atomic mass is 10.1. The molecule has 0 atom stereocenters. The van der Waals surface area contributed by atoms with E-state index in [9.17, 15) is 9.59 Å². The predicted molar refractivity (Wildman–Crippen MR) is 243 cm³/mol. The lowest BCUT2D eigenvalue weighted by Gasteiger charge is -2.32. The van der Waals surface area contributed by atoms with Crippen LogP contribution in [0.2, 0.25) is 0 Å². The van der Waals surface area contributed by atoms with E-state index in [0.717, 1.165) is 115 Å². The van der Waals surface area contributed by atoms with Gasteiger partial charge >= 0.3 is 0 Å². The van der Waals surface area contributed by atoms with Crippen molar-refractivity contribution in [2.75, 3.05) is 100 Å². The van der Waals surface area contributed by atoms with E-state index in [1.165, 1.54) is 0 Å². The van der Waals surface area contributed by atoms with Crippen molar-refractivity contribution < 1.29 is 19.1 Å². The SMILES string of the molecule is Cc1ccc(OCC(=O)Nc2ccc3nc(N4CCCN(C)CC4)nc(C)c3c2)cc1.Cc1ccc(OCC(=O)Nc2ccc3nc(N4CCN(C)CC4)nc(C)c3c2)cc1. The number of carbonyl (C=O) groups is 2. The van der Waals surface area contributed by atoms with Gasteiger partial charge in [0.25, 0.3) is 11.8 Å². The van der Waals surface area contributed by atoms with Crippen LogP contribution in [0.5, 0.6) is 11.5 Å². The van der Waals surface area contributed by atoms with Crippen molar-refractivity contribution in [2.45, 2.75) is 34.1 Å². The smallest absolute Gasteiger partial charge is 0.262 e. The number of benzene rings is 4. The Hall–Kier alpha value is -6.38. The molecule has 2 aliphatic heterocycles. The summed E-state index contributed by atoms with van der Waals surface area (Å²) < 4.78 is 11.1. The molecule has 0 radical (unpaired) electrons. The van der Waals surface area contributed by atoms with E-state index in [4.69, 9.17) is 29.4 Å². The number of nitrogens with one attached hydrogen (secondary N) is 2. The highest BCUT2D eigenvalue weighted by molar-refractivity contribution is 5.96. The number of nitrogens with zero attached hydrogens (tertiary/aromatic N) is 8. The monoisotopic (exact) mass is 824 g/mol. The minimum absolute atomic E-state index is 0.0427. The number of anilines is 4. The van der Waals surface area contributed by atoms with E-state index in [-0.39, 0.29) is 25.0 Å². The normalized spacial score (nSPS) is 14.9. The molecule has 2 amide bonds. The average Bonchev–Trinajstić information content (AvgIpc) is 3.48. The Morgan fingerprint density at radius 2 is 0.934 bits per heavy atom. The second-order valence-corrected chi connectivity index (χ2v) is 15.9. The van der Waals surface area contributed by atoms with Crippen molar-refractivity contribution in [1.29, 1.82) is 0 Å². The van der Waals surface area contributed by atoms with Crippen molar-refractivity contribution >= 4 is 56.9 Å². The largest absolute Gasteiger partial charge is 0.484 e. The number of hydrogen-bond donors (Lipinski definition) is 2. The molecule has 0 spiro atoms. The second kappa shape index (κ2) is 19.8. The highest BCUT2D eigenvalue weighted by Crippen LogP contribution is 2.25. The van der Waals surface area contributed by atoms with Crippen LogP contribution in [-0.4, -0.2) is 121 Å². The summed E-state index contributed by atoms with van der Waals surface area (Å²) in [7, 11) is 4.28. The van der Waals surface area contributed by atoms with Crippen LogP contribution in [0.3, 0.4) is 0 Å². The first-order valence-corrected chi connectivity index (χ1v) is 20.9. The number of aryl methyl sites for hydroxylation is 4. The van der Waals surface area contributed by atoms with Gasteiger partial charge in [0.2, 0.25) is 11.9 Å². The molecule has 14 heteroatoms. The maximum absolute atomic E-state index is 12.3. The number of ether oxygens (including phenoxy) is 2. The summed E-state index contributed by atoms with van der Waals surface area (Å²) in [5, 5.41) is 7.66. The molecule has 318 valence electrons. The van der Waals surface area contributed by atoms with Crippen LogP contribution >= 0.6 is 0 Å². The van der Waals surface area contributed by atoms with E-state index < -0.39 is 0 Å². The zero-order valence-corrected chi connectivity index (χ0v) is 36.1. The summed E-state index contributed by atoms with van der Waals surface area (Å²) in [5.41, 5.74) is 7.29. The summed E-state index contributed by atoms with van der Waals surface area (Å²) in [4.78, 5) is 52.7. The number of rotatable bonds is 10. The lowest BCUT2D eigenvalue weighted by Crippen LogP contribution is -2.45. The first-order chi connectivity index (χ1) is 29.4. The number of fused-ring (bicyclic) bond motifs is 2. The maximum Gasteiger partial charge on any atom is 0.262 e. The van der Waals surface area contributed by atoms with Crippen molar-refractivity contribution in [3.05, 3.63) is 107 Å². The standard InChI is InChI=1S/C24H29N5O2.C23H27N5O2/c1-17-5-8-20(9-6-17)31-16-23(30)26-19-7-10-22-21(15-19)18(2)25-24(27-22)29-12-4-11-28(3)13-14-29;1-16-4-7-19(8-5-16)30-15-22(29)25-18-6-9-21-20(14-18)17(2)24-23(26-21)28-12-10-27(3)11-13-28/h5-10,15H,4,11-14,16H2,1-3H3,(H,26,30);4-9,14H,10-13,15H2,1-3H3,(H,25,29). The number of piperazine rings is 1. The molecule has 2 aliphatic rings. The fourth-order valence-corrected chi connectivity index (χ4v) is 7.18. The molecule has 2 fully saturated rings. The highest BCUT2D eigenvalue weighted by Gasteiger charge is 2.19. The van der Waals surface area contributed by atoms with Crippen LogP contribution in [0.4, 0.5) is 23.3 Å². The Morgan fingerprint density at radius 1 is 0.525 bits per heavy atom. The number of likely N-dealkylation sites (N-methyl/N-ethyl adjacent to an activating group) is 2. The summed E-state index contributed by atoms with van der Waals surface area (Å²) in [6.45, 7) is 15.8. The minimum atomic E-state index is -0.206. The Labute approximate surface area is 357 Å². The Balaban J connectivity index is 0.000000184. The van der Waals surface area contributed by atoms with Crippen LogP contribution < -0.4 is 29.9 Å². The molecule has 0 saturated carbocycles. The Bertz CT molecular complexity index is 2450. The minimum Gasteiger partial charge on any atom is -0.484 e. The number of aromatic nitrogens is 4. The topological polar surface area (TPSA) is 141 Å². The molecule has 4 aromatic carbocycles. The van der Waals surface area contributed by atoms with Gasteiger partial charge in [-0.05, 0) is 115 Å². The highest BCUT2D eigenvalue weighted by atomic mass is 16.5. The van der Waals surface area contributed by atoms with Gasteiger partial charge in [-0.2, -0.15) is 0 Å². The third-order valence-electron chi connectivity index (χ3n) is 10.9. The number of carbonyl (C=O) groups excluding carboxylic acids is 2. The van der Waals surface area contributed by atoms with Gasteiger partial charge in [0.05, 0.1) is 22.4 Å². The molecule has 2 aromatic heterocycles. The number of hydrogen-bond acceptors (Lipinski definition) is 12. The zero-order valence-electron chi connectivity index (χ0n) is 36.1. The predicted octanol–water partition coefficient (Wildman–Crippen LogP) is 6.42. The van der Waals surface area contributed by atoms with E-state index >= 15 is 0 Å². The summed E-state index contributed by atoms with van der Waals surface area (Å²) in [6, 6.07) is 26.7. The second-order valence-electron chi connectivity index (χ2n) is 15.9. The molecule has 4 heterocycles. The van der Waals surface area contributed by atoms with Gasteiger partial charge in [0.1, 0.15) is 11.5 Å². The molecule has 2 N–H and O–H groups in total. The van der Waals surface area contributed by atoms with Gasteiger partial charge in [-0.25, -0.2) is 19.9 Å². The molecule has 6 aromatic rings. The third kappa shape index (κ3) is 11.7. The fourth-order valence-electron chi connectivity index (χ4n) is 7.18. The van der Waals surface area contributed by atoms with Crippen LogP contribution in [0, 0.1) is 27.7 Å². The van der Waals surface area contributed by atoms with Crippen LogP contribution in [0.25, 0.3) is 21.8 Å². The van der Waals surface area contributed by atoms with Crippen molar-refractivity contribution in [3.8, 4) is 11.5 Å². The van der Waals surface area contributed by atoms with E-state index in [1.807, 2.05) is 113 Å². The van der Waals surface area contributed by atoms with Crippen molar-refractivity contribution in [2.24, 2.45) is 0 Å². The Kier molecular flexibility index (Phi) is 13.9. The van der Waals surface area contributed by atoms with Crippen LogP contribution in [-0.2, 0) is 9.59 Å². The molecule has 0 unspecified atom stereocenters. The van der Waals surface area contributed by atoms with E-state index in [0.29, 0.717) is 22.9 Å². The molecular formula is C47H56N10O4. The van der Waals surface area contributed by atoms with E-state index in [2.05, 4.69) is 44.3 Å². The number of amides is 2. The van der Waals surface area contributed by atoms with Gasteiger partial charge in [0, 0.05) is 68.0 Å². The molecule has 61 heavy (non-hydrogen) atoms. The fraction of sp³-hybridized carbons (Fsp3) is 0.362. The molecule has 0 bridgehead atoms. The first kappa shape index (κ1) is 42.7. The summed E-state index contributed by atoms with van der Waals surface area (Å²) in [5.74, 6) is 2.50. The van der Waals surface area contributed by atoms with Crippen LogP contribution in [0.15, 0.2) is 84.9 Å². The molecule has 0 aliphatic carbocycles. The molecule has 2 saturated heterocycles. The molecule has 14 nitrogen and oxygen atoms in total. The van der Waals surface area contributed by atoms with Crippen LogP contribution in [0.1, 0.15) is 28.9 Å². The zero-order chi connectivity index (χ0) is 42.9. The molecule has 8 rings (SSSR count). The summed E-state index contributed by atoms with van der Waals surface area (Å²) >= 11 is 0. The maximum atomic E-state index is 12.3. The quantitative estimate of drug-likeness (QED) is 0.158. The average molecular weight is 825 g/mol. The molecular weight excluding hydrogens is 769 g/mol. The summed E-state index contributed by atoms with van der Waals surface area (Å²) in [6.07, 6.45) is 1.10. The third-order valence-corrected chi connectivity index (χ3v) is 10.9. The van der Waals surface area contributed by atoms with Gasteiger partial charge in [-0.15, -0.1) is 0 Å². The van der Waals surface area contributed by atoms with Crippen molar-refractivity contribution in [3.63, 3.8) is 0 Å². The van der Waals surface area contributed by atoms with Gasteiger partial charge in [-0.1, -0.05) is 35.4 Å². The van der Waals surface area contributed by atoms with Gasteiger partial charge in [0.15, 0.2) is 13.2 Å².